The molecule has 0 spiro atoms. The average molecular weight is 516 g/mol. The van der Waals surface area contributed by atoms with Crippen molar-refractivity contribution in [2.24, 2.45) is 0 Å². The van der Waals surface area contributed by atoms with E-state index in [0.717, 1.165) is 5.75 Å². The highest BCUT2D eigenvalue weighted by Crippen LogP contribution is 2.52. The molecule has 7 rings (SSSR count). The van der Waals surface area contributed by atoms with E-state index < -0.39 is 0 Å². The van der Waals surface area contributed by atoms with Crippen molar-refractivity contribution in [1.29, 1.82) is 0 Å². The van der Waals surface area contributed by atoms with E-state index >= 15 is 0 Å². The molecule has 3 aliphatic rings. The van der Waals surface area contributed by atoms with Crippen molar-refractivity contribution in [2.45, 2.75) is 56.2 Å². The first kappa shape index (κ1) is 23.8. The number of fused-ring (bicyclic) bond motifs is 6. The Bertz CT molecular complexity index is 1630. The second-order valence-corrected chi connectivity index (χ2v) is 12.0. The Labute approximate surface area is 231 Å². The molecule has 0 N–H and O–H groups in total. The minimum atomic E-state index is -0.0648. The van der Waals surface area contributed by atoms with Crippen molar-refractivity contribution in [2.75, 3.05) is 11.9 Å². The maximum atomic E-state index is 4.44. The van der Waals surface area contributed by atoms with Crippen LogP contribution in [0.1, 0.15) is 61.3 Å². The fourth-order valence-electron chi connectivity index (χ4n) is 7.45. The third-order valence-electron chi connectivity index (χ3n) is 9.25. The topological polar surface area (TPSA) is 6.25 Å². The minimum absolute atomic E-state index is 0.0648. The third kappa shape index (κ3) is 3.51. The number of benzene rings is 4. The number of anilines is 2. The molecule has 4 aromatic rings. The first-order valence-corrected chi connectivity index (χ1v) is 14.5. The molecule has 0 aromatic heterocycles. The fraction of sp³-hybridized carbons (Fsp3) is 0.286. The summed E-state index contributed by atoms with van der Waals surface area (Å²) in [6.07, 6.45) is 8.54. The van der Waals surface area contributed by atoms with Crippen molar-refractivity contribution in [3.05, 3.63) is 107 Å². The number of hydrogen-bond acceptors (Lipinski definition) is 2. The lowest BCUT2D eigenvalue weighted by Crippen LogP contribution is -2.26. The second-order valence-electron chi connectivity index (χ2n) is 11.7. The lowest BCUT2D eigenvalue weighted by Gasteiger charge is -2.27. The Kier molecular flexibility index (Phi) is 5.56. The van der Waals surface area contributed by atoms with E-state index in [1.54, 1.807) is 0 Å². The molecule has 0 radical (unpaired) electrons. The maximum Gasteiger partial charge on any atom is 0.210 e. The lowest BCUT2D eigenvalue weighted by atomic mass is 9.79. The van der Waals surface area contributed by atoms with Gasteiger partial charge in [-0.15, -0.1) is 0 Å². The van der Waals surface area contributed by atoms with Crippen LogP contribution in [0.15, 0.2) is 84.9 Å². The van der Waals surface area contributed by atoms with Gasteiger partial charge in [-0.1, -0.05) is 48.9 Å². The molecule has 0 amide bonds. The van der Waals surface area contributed by atoms with Gasteiger partial charge in [0.2, 0.25) is 5.69 Å². The van der Waals surface area contributed by atoms with Gasteiger partial charge >= 0.3 is 0 Å². The molecule has 0 bridgehead atoms. The Morgan fingerprint density at radius 2 is 1.76 bits per heavy atom. The second kappa shape index (κ2) is 8.88. The summed E-state index contributed by atoms with van der Waals surface area (Å²) in [5.41, 5.74) is 10.8. The van der Waals surface area contributed by atoms with Gasteiger partial charge in [0.05, 0.1) is 5.41 Å². The summed E-state index contributed by atoms with van der Waals surface area (Å²) in [5.74, 6) is 1.40. The molecule has 190 valence electrons. The summed E-state index contributed by atoms with van der Waals surface area (Å²) in [4.78, 5) is 2.60. The third-order valence-corrected chi connectivity index (χ3v) is 9.61. The van der Waals surface area contributed by atoms with Crippen molar-refractivity contribution < 1.29 is 4.58 Å². The highest BCUT2D eigenvalue weighted by molar-refractivity contribution is 7.79. The molecule has 2 heterocycles. The molecular formula is C35H35N2S+. The van der Waals surface area contributed by atoms with E-state index in [-0.39, 0.29) is 5.41 Å². The largest absolute Gasteiger partial charge is 0.338 e. The minimum Gasteiger partial charge on any atom is -0.338 e. The van der Waals surface area contributed by atoms with Gasteiger partial charge in [-0.25, -0.2) is 0 Å². The van der Waals surface area contributed by atoms with Gasteiger partial charge in [0.15, 0.2) is 5.71 Å². The van der Waals surface area contributed by atoms with Crippen molar-refractivity contribution in [1.82, 2.24) is 0 Å². The number of allylic oxidation sites excluding steroid dienone is 1. The molecule has 3 heteroatoms. The molecule has 2 unspecified atom stereocenters. The monoisotopic (exact) mass is 515 g/mol. The van der Waals surface area contributed by atoms with Crippen LogP contribution in [-0.4, -0.2) is 23.4 Å². The van der Waals surface area contributed by atoms with Crippen LogP contribution in [0.2, 0.25) is 0 Å². The van der Waals surface area contributed by atoms with Crippen LogP contribution in [0.3, 0.4) is 0 Å². The van der Waals surface area contributed by atoms with E-state index in [1.165, 1.54) is 75.1 Å². The highest BCUT2D eigenvalue weighted by Gasteiger charge is 2.44. The number of rotatable bonds is 4. The highest BCUT2D eigenvalue weighted by atomic mass is 32.1. The zero-order valence-electron chi connectivity index (χ0n) is 22.5. The molecule has 1 fully saturated rings. The SMILES string of the molecule is C[N+]1=C(/C=C/c2ccc3c(c2)C2CCCC2N3c2ccc(CS)cc2)C(C)(C)c2c1ccc1ccccc21. The van der Waals surface area contributed by atoms with Crippen molar-refractivity contribution >= 4 is 52.3 Å². The fourth-order valence-corrected chi connectivity index (χ4v) is 7.66. The van der Waals surface area contributed by atoms with E-state index in [2.05, 4.69) is 134 Å². The van der Waals surface area contributed by atoms with Crippen LogP contribution in [0.5, 0.6) is 0 Å². The summed E-state index contributed by atoms with van der Waals surface area (Å²) in [7, 11) is 2.21. The molecule has 2 atom stereocenters. The normalized spacial score (nSPS) is 21.4. The van der Waals surface area contributed by atoms with Gasteiger partial charge < -0.3 is 4.90 Å². The standard InChI is InChI=1S/C35H34N2S/c1-35(2)33(36(3)32-19-15-25-7-4-5-8-27(25)34(32)35)20-14-23-13-18-31-29(21-23)28-9-6-10-30(28)37(31)26-16-11-24(22-38)12-17-26/h4-5,7-8,11-21,28,30H,6,9-10,22H2,1-3H3/p+1. The summed E-state index contributed by atoms with van der Waals surface area (Å²) in [5, 5.41) is 2.67. The van der Waals surface area contributed by atoms with Crippen LogP contribution in [-0.2, 0) is 11.2 Å². The van der Waals surface area contributed by atoms with Crippen molar-refractivity contribution in [3.8, 4) is 0 Å². The Morgan fingerprint density at radius 1 is 0.947 bits per heavy atom. The van der Waals surface area contributed by atoms with E-state index in [0.29, 0.717) is 12.0 Å². The molecule has 2 aliphatic heterocycles. The van der Waals surface area contributed by atoms with Crippen LogP contribution in [0.4, 0.5) is 17.1 Å². The molecule has 0 saturated heterocycles. The van der Waals surface area contributed by atoms with Gasteiger partial charge in [-0.2, -0.15) is 17.2 Å². The van der Waals surface area contributed by atoms with Crippen molar-refractivity contribution in [3.63, 3.8) is 0 Å². The predicted octanol–water partition coefficient (Wildman–Crippen LogP) is 8.78. The zero-order valence-corrected chi connectivity index (χ0v) is 23.4. The van der Waals surface area contributed by atoms with E-state index in [1.807, 2.05) is 0 Å². The van der Waals surface area contributed by atoms with Gasteiger partial charge in [-0.05, 0) is 90.6 Å². The molecular weight excluding hydrogens is 480 g/mol. The van der Waals surface area contributed by atoms with Gasteiger partial charge in [0, 0.05) is 46.8 Å². The van der Waals surface area contributed by atoms with E-state index in [4.69, 9.17) is 0 Å². The number of nitrogens with zero attached hydrogens (tertiary/aromatic N) is 2. The average Bonchev–Trinajstić information content (AvgIpc) is 3.58. The summed E-state index contributed by atoms with van der Waals surface area (Å²) >= 11 is 4.44. The Morgan fingerprint density at radius 3 is 2.58 bits per heavy atom. The Hall–Kier alpha value is -3.30. The van der Waals surface area contributed by atoms with Crippen LogP contribution >= 0.6 is 12.6 Å². The van der Waals surface area contributed by atoms with E-state index in [9.17, 15) is 0 Å². The van der Waals surface area contributed by atoms with Gasteiger partial charge in [0.25, 0.3) is 0 Å². The quantitative estimate of drug-likeness (QED) is 0.211. The van der Waals surface area contributed by atoms with Gasteiger partial charge in [0.1, 0.15) is 7.05 Å². The molecule has 38 heavy (non-hydrogen) atoms. The predicted molar refractivity (Wildman–Crippen MR) is 165 cm³/mol. The number of thiol groups is 1. The summed E-state index contributed by atoms with van der Waals surface area (Å²) in [6, 6.07) is 30.0. The van der Waals surface area contributed by atoms with Crippen LogP contribution in [0, 0.1) is 0 Å². The smallest absolute Gasteiger partial charge is 0.210 e. The maximum absolute atomic E-state index is 4.44. The van der Waals surface area contributed by atoms with Crippen LogP contribution < -0.4 is 4.90 Å². The number of hydrogen-bond donors (Lipinski definition) is 1. The Balaban J connectivity index is 1.24. The summed E-state index contributed by atoms with van der Waals surface area (Å²) < 4.78 is 2.38. The first-order valence-electron chi connectivity index (χ1n) is 13.9. The zero-order chi connectivity index (χ0) is 26.0. The lowest BCUT2D eigenvalue weighted by molar-refractivity contribution is -0.401. The summed E-state index contributed by atoms with van der Waals surface area (Å²) in [6.45, 7) is 4.73. The molecule has 4 aromatic carbocycles. The van der Waals surface area contributed by atoms with Crippen LogP contribution in [0.25, 0.3) is 16.8 Å². The molecule has 1 aliphatic carbocycles. The van der Waals surface area contributed by atoms with Gasteiger partial charge in [-0.3, -0.25) is 0 Å². The first-order chi connectivity index (χ1) is 18.5. The molecule has 1 saturated carbocycles. The molecule has 2 nitrogen and oxygen atoms in total.